The second kappa shape index (κ2) is 13.4. The van der Waals surface area contributed by atoms with Crippen LogP contribution in [0, 0.1) is 12.8 Å². The Hall–Kier alpha value is -3.94. The molecule has 3 atom stereocenters. The van der Waals surface area contributed by atoms with Gasteiger partial charge in [-0.25, -0.2) is 27.7 Å². The second-order valence-electron chi connectivity index (χ2n) is 8.49. The molecule has 2 rings (SSSR count). The van der Waals surface area contributed by atoms with Crippen molar-refractivity contribution in [2.24, 2.45) is 5.92 Å². The lowest BCUT2D eigenvalue weighted by molar-refractivity contribution is -0.141. The van der Waals surface area contributed by atoms with Crippen molar-refractivity contribution in [3.63, 3.8) is 0 Å². The van der Waals surface area contributed by atoms with E-state index >= 15 is 0 Å². The summed E-state index contributed by atoms with van der Waals surface area (Å²) in [5, 5.41) is 16.7. The van der Waals surface area contributed by atoms with Gasteiger partial charge in [-0.05, 0) is 24.5 Å². The number of sulfonamides is 1. The zero-order chi connectivity index (χ0) is 27.6. The first-order chi connectivity index (χ1) is 17.4. The van der Waals surface area contributed by atoms with Crippen molar-refractivity contribution in [3.05, 3.63) is 48.0 Å². The zero-order valence-corrected chi connectivity index (χ0v) is 21.6. The lowest BCUT2D eigenvalue weighted by atomic mass is 9.98. The highest BCUT2D eigenvalue weighted by Gasteiger charge is 2.28. The lowest BCUT2D eigenvalue weighted by Gasteiger charge is -2.23. The molecular formula is C23H32N6O7S. The highest BCUT2D eigenvalue weighted by molar-refractivity contribution is 7.90. The average Bonchev–Trinajstić information content (AvgIpc) is 3.34. The van der Waals surface area contributed by atoms with Crippen LogP contribution in [-0.4, -0.2) is 65.9 Å². The monoisotopic (exact) mass is 536 g/mol. The first kappa shape index (κ1) is 29.3. The summed E-state index contributed by atoms with van der Waals surface area (Å²) in [4.78, 5) is 55.4. The van der Waals surface area contributed by atoms with Crippen molar-refractivity contribution >= 4 is 33.8 Å². The minimum atomic E-state index is -4.16. The molecule has 0 radical (unpaired) electrons. The van der Waals surface area contributed by atoms with E-state index in [0.29, 0.717) is 17.7 Å². The van der Waals surface area contributed by atoms with Crippen LogP contribution in [0.2, 0.25) is 0 Å². The van der Waals surface area contributed by atoms with Crippen LogP contribution in [0.5, 0.6) is 0 Å². The molecule has 6 N–H and O–H groups in total. The van der Waals surface area contributed by atoms with Gasteiger partial charge in [0.1, 0.15) is 12.1 Å². The van der Waals surface area contributed by atoms with Gasteiger partial charge < -0.3 is 26.0 Å². The Balaban J connectivity index is 1.92. The molecule has 1 unspecified atom stereocenters. The van der Waals surface area contributed by atoms with Gasteiger partial charge in [0, 0.05) is 31.3 Å². The van der Waals surface area contributed by atoms with E-state index in [-0.39, 0.29) is 30.2 Å². The maximum atomic E-state index is 12.8. The zero-order valence-electron chi connectivity index (χ0n) is 20.8. The number of hydrogen-bond donors (Lipinski definition) is 6. The van der Waals surface area contributed by atoms with Crippen molar-refractivity contribution in [2.75, 3.05) is 6.54 Å². The number of imidazole rings is 1. The number of aryl methyl sites for hydroxylation is 1. The number of nitrogens with one attached hydrogen (secondary N) is 5. The van der Waals surface area contributed by atoms with Gasteiger partial charge in [-0.15, -0.1) is 0 Å². The van der Waals surface area contributed by atoms with Gasteiger partial charge in [-0.1, -0.05) is 38.5 Å². The third kappa shape index (κ3) is 8.90. The van der Waals surface area contributed by atoms with E-state index in [0.717, 1.165) is 0 Å². The summed E-state index contributed by atoms with van der Waals surface area (Å²) >= 11 is 0. The Morgan fingerprint density at radius 3 is 2.43 bits per heavy atom. The van der Waals surface area contributed by atoms with Crippen molar-refractivity contribution in [3.8, 4) is 0 Å². The molecule has 14 heteroatoms. The number of H-pyrrole nitrogens is 1. The van der Waals surface area contributed by atoms with E-state index in [2.05, 4.69) is 25.9 Å². The SMILES string of the molecule is CC[C@H](C)[C@@H](NC(=O)NS(=O)(=O)c1ccccc1C)C(=O)NCCC(=O)NC(Cc1cnc[nH]1)C(=O)O. The number of urea groups is 1. The van der Waals surface area contributed by atoms with Crippen molar-refractivity contribution in [1.82, 2.24) is 30.6 Å². The molecule has 0 spiro atoms. The maximum absolute atomic E-state index is 12.8. The van der Waals surface area contributed by atoms with Gasteiger partial charge in [0.2, 0.25) is 11.8 Å². The van der Waals surface area contributed by atoms with Crippen LogP contribution in [0.25, 0.3) is 0 Å². The number of carboxylic acids is 1. The van der Waals surface area contributed by atoms with Gasteiger partial charge in [0.05, 0.1) is 11.2 Å². The van der Waals surface area contributed by atoms with Crippen LogP contribution < -0.4 is 20.7 Å². The van der Waals surface area contributed by atoms with Crippen LogP contribution in [0.1, 0.15) is 37.9 Å². The fourth-order valence-electron chi connectivity index (χ4n) is 3.40. The van der Waals surface area contributed by atoms with Crippen molar-refractivity contribution < 1.29 is 32.7 Å². The lowest BCUT2D eigenvalue weighted by Crippen LogP contribution is -2.54. The maximum Gasteiger partial charge on any atom is 0.329 e. The fourth-order valence-corrected chi connectivity index (χ4v) is 4.56. The summed E-state index contributed by atoms with van der Waals surface area (Å²) in [7, 11) is -4.16. The summed E-state index contributed by atoms with van der Waals surface area (Å²) in [5.41, 5.74) is 0.984. The van der Waals surface area contributed by atoms with Crippen molar-refractivity contribution in [1.29, 1.82) is 0 Å². The summed E-state index contributed by atoms with van der Waals surface area (Å²) in [6.45, 7) is 4.97. The Labute approximate surface area is 214 Å². The Kier molecular flexibility index (Phi) is 10.6. The first-order valence-corrected chi connectivity index (χ1v) is 13.1. The molecule has 2 aromatic rings. The number of carboxylic acid groups (broad SMARTS) is 1. The van der Waals surface area contributed by atoms with E-state index < -0.39 is 45.9 Å². The molecule has 0 aliphatic carbocycles. The van der Waals surface area contributed by atoms with E-state index in [4.69, 9.17) is 0 Å². The number of rotatable bonds is 13. The smallest absolute Gasteiger partial charge is 0.329 e. The molecule has 4 amide bonds. The predicted octanol–water partition coefficient (Wildman–Crippen LogP) is 0.439. The molecule has 202 valence electrons. The predicted molar refractivity (Wildman–Crippen MR) is 133 cm³/mol. The minimum absolute atomic E-state index is 0.00790. The van der Waals surface area contributed by atoms with Gasteiger partial charge >= 0.3 is 12.0 Å². The van der Waals surface area contributed by atoms with E-state index in [1.807, 2.05) is 4.72 Å². The standard InChI is InChI=1S/C23H32N6O7S/c1-4-14(2)20(28-23(34)29-37(35,36)18-8-6-5-7-15(18)3)21(31)25-10-9-19(30)27-17(22(32)33)11-16-12-24-13-26-16/h5-8,12-14,17,20H,4,9-11H2,1-3H3,(H,24,26)(H,25,31)(H,27,30)(H,32,33)(H2,28,29,34)/t14-,17?,20+/m0/s1. The van der Waals surface area contributed by atoms with Crippen LogP contribution in [0.3, 0.4) is 0 Å². The minimum Gasteiger partial charge on any atom is -0.480 e. The van der Waals surface area contributed by atoms with Crippen LogP contribution in [0.15, 0.2) is 41.7 Å². The van der Waals surface area contributed by atoms with E-state index in [9.17, 15) is 32.7 Å². The average molecular weight is 537 g/mol. The number of hydrogen-bond acceptors (Lipinski definition) is 7. The van der Waals surface area contributed by atoms with Crippen LogP contribution in [-0.2, 0) is 30.8 Å². The Morgan fingerprint density at radius 1 is 1.14 bits per heavy atom. The highest BCUT2D eigenvalue weighted by Crippen LogP contribution is 2.14. The molecule has 13 nitrogen and oxygen atoms in total. The first-order valence-electron chi connectivity index (χ1n) is 11.6. The molecular weight excluding hydrogens is 504 g/mol. The molecule has 1 aromatic heterocycles. The number of aromatic nitrogens is 2. The van der Waals surface area contributed by atoms with Crippen LogP contribution in [0.4, 0.5) is 4.79 Å². The molecule has 0 saturated heterocycles. The number of benzene rings is 1. The quantitative estimate of drug-likeness (QED) is 0.212. The van der Waals surface area contributed by atoms with Crippen molar-refractivity contribution in [2.45, 2.75) is 57.0 Å². The summed E-state index contributed by atoms with van der Waals surface area (Å²) in [5.74, 6) is -2.79. The summed E-state index contributed by atoms with van der Waals surface area (Å²) in [6, 6.07) is 2.82. The number of carbonyl (C=O) groups is 4. The second-order valence-corrected chi connectivity index (χ2v) is 10.1. The molecule has 0 bridgehead atoms. The largest absolute Gasteiger partial charge is 0.480 e. The number of carbonyl (C=O) groups excluding carboxylic acids is 3. The van der Waals surface area contributed by atoms with Gasteiger partial charge in [-0.2, -0.15) is 0 Å². The van der Waals surface area contributed by atoms with Gasteiger partial charge in [-0.3, -0.25) is 9.59 Å². The summed E-state index contributed by atoms with van der Waals surface area (Å²) < 4.78 is 27.1. The molecule has 0 fully saturated rings. The third-order valence-electron chi connectivity index (χ3n) is 5.66. The Morgan fingerprint density at radius 2 is 1.84 bits per heavy atom. The molecule has 0 aliphatic heterocycles. The molecule has 0 saturated carbocycles. The van der Waals surface area contributed by atoms with E-state index in [1.165, 1.54) is 24.7 Å². The Bertz CT molecular complexity index is 1200. The molecule has 0 aliphatic rings. The molecule has 1 heterocycles. The molecule has 37 heavy (non-hydrogen) atoms. The topological polar surface area (TPSA) is 199 Å². The number of amides is 4. The molecule has 1 aromatic carbocycles. The summed E-state index contributed by atoms with van der Waals surface area (Å²) in [6.07, 6.45) is 3.14. The fraction of sp³-hybridized carbons (Fsp3) is 0.435. The normalized spacial score (nSPS) is 13.6. The number of nitrogens with zero attached hydrogens (tertiary/aromatic N) is 1. The third-order valence-corrected chi connectivity index (χ3v) is 7.15. The van der Waals surface area contributed by atoms with E-state index in [1.54, 1.807) is 32.9 Å². The van der Waals surface area contributed by atoms with Gasteiger partial charge in [0.15, 0.2) is 0 Å². The van der Waals surface area contributed by atoms with Gasteiger partial charge in [0.25, 0.3) is 10.0 Å². The van der Waals surface area contributed by atoms with Crippen LogP contribution >= 0.6 is 0 Å². The number of aromatic amines is 1. The number of aliphatic carboxylic acids is 1. The highest BCUT2D eigenvalue weighted by atomic mass is 32.2.